The lowest BCUT2D eigenvalue weighted by Gasteiger charge is -2.31. The smallest absolute Gasteiger partial charge is 0.243 e. The topological polar surface area (TPSA) is 104 Å². The molecule has 1 unspecified atom stereocenters. The Morgan fingerprint density at radius 2 is 1.76 bits per heavy atom. The van der Waals surface area contributed by atoms with Gasteiger partial charge in [-0.15, -0.1) is 0 Å². The Balaban J connectivity index is 1.89. The van der Waals surface area contributed by atoms with Gasteiger partial charge in [0.15, 0.2) is 0 Å². The van der Waals surface area contributed by atoms with E-state index >= 15 is 0 Å². The van der Waals surface area contributed by atoms with Gasteiger partial charge < -0.3 is 5.32 Å². The number of nitrogens with one attached hydrogen (secondary N) is 1. The van der Waals surface area contributed by atoms with Crippen molar-refractivity contribution in [2.24, 2.45) is 0 Å². The predicted molar refractivity (Wildman–Crippen MR) is 112 cm³/mol. The molecule has 0 saturated carbocycles. The molecule has 1 N–H and O–H groups in total. The van der Waals surface area contributed by atoms with Crippen molar-refractivity contribution in [3.63, 3.8) is 0 Å². The number of carbonyl (C=O) groups is 1. The highest BCUT2D eigenvalue weighted by atomic mass is 32.2. The molecular formula is C19H31N3O5S2. The van der Waals surface area contributed by atoms with E-state index in [-0.39, 0.29) is 23.3 Å². The molecule has 1 saturated heterocycles. The first-order valence-corrected chi connectivity index (χ1v) is 13.2. The van der Waals surface area contributed by atoms with E-state index in [0.717, 1.165) is 18.4 Å². The molecule has 0 bridgehead atoms. The Kier molecular flexibility index (Phi) is 8.21. The standard InChI is InChI=1S/C19H31N3O5S2/c1-4-21(5-2)29(26,27)18-11-8-16(9-12-18)10-13-19(23)20-17-7-6-14-22(15-17)28(3,24)25/h8-9,11-12,17H,4-7,10,13-15H2,1-3H3,(H,20,23). The highest BCUT2D eigenvalue weighted by Gasteiger charge is 2.26. The van der Waals surface area contributed by atoms with Crippen LogP contribution in [0.3, 0.4) is 0 Å². The number of hydrogen-bond donors (Lipinski definition) is 1. The predicted octanol–water partition coefficient (Wildman–Crippen LogP) is 1.19. The molecule has 0 radical (unpaired) electrons. The van der Waals surface area contributed by atoms with E-state index in [1.165, 1.54) is 14.9 Å². The molecule has 1 aromatic carbocycles. The summed E-state index contributed by atoms with van der Waals surface area (Å²) in [5.41, 5.74) is 0.875. The second-order valence-electron chi connectivity index (χ2n) is 7.26. The Labute approximate surface area is 174 Å². The molecule has 0 aromatic heterocycles. The van der Waals surface area contributed by atoms with Crippen molar-refractivity contribution in [2.75, 3.05) is 32.4 Å². The van der Waals surface area contributed by atoms with Crippen LogP contribution in [-0.4, -0.2) is 69.8 Å². The number of rotatable bonds is 9. The van der Waals surface area contributed by atoms with Gasteiger partial charge in [0.2, 0.25) is 26.0 Å². The van der Waals surface area contributed by atoms with Crippen molar-refractivity contribution in [3.8, 4) is 0 Å². The largest absolute Gasteiger partial charge is 0.352 e. The highest BCUT2D eigenvalue weighted by molar-refractivity contribution is 7.89. The van der Waals surface area contributed by atoms with Crippen molar-refractivity contribution in [1.29, 1.82) is 0 Å². The Morgan fingerprint density at radius 1 is 1.14 bits per heavy atom. The summed E-state index contributed by atoms with van der Waals surface area (Å²) in [6.07, 6.45) is 3.41. The summed E-state index contributed by atoms with van der Waals surface area (Å²) in [6, 6.07) is 6.44. The lowest BCUT2D eigenvalue weighted by Crippen LogP contribution is -2.49. The van der Waals surface area contributed by atoms with E-state index in [1.54, 1.807) is 38.1 Å². The molecule has 0 aliphatic carbocycles. The van der Waals surface area contributed by atoms with Gasteiger partial charge in [-0.05, 0) is 37.0 Å². The van der Waals surface area contributed by atoms with Gasteiger partial charge in [-0.1, -0.05) is 26.0 Å². The van der Waals surface area contributed by atoms with Crippen molar-refractivity contribution >= 4 is 26.0 Å². The van der Waals surface area contributed by atoms with Gasteiger partial charge in [0.1, 0.15) is 0 Å². The van der Waals surface area contributed by atoms with Crippen LogP contribution >= 0.6 is 0 Å². The lowest BCUT2D eigenvalue weighted by molar-refractivity contribution is -0.122. The molecule has 1 aliphatic heterocycles. The van der Waals surface area contributed by atoms with Crippen LogP contribution in [0.1, 0.15) is 38.7 Å². The quantitative estimate of drug-likeness (QED) is 0.615. The summed E-state index contributed by atoms with van der Waals surface area (Å²) in [7, 11) is -6.73. The Hall–Kier alpha value is -1.49. The van der Waals surface area contributed by atoms with Crippen LogP contribution in [0.4, 0.5) is 0 Å². The monoisotopic (exact) mass is 445 g/mol. The van der Waals surface area contributed by atoms with Crippen molar-refractivity contribution < 1.29 is 21.6 Å². The molecule has 10 heteroatoms. The maximum atomic E-state index is 12.5. The molecule has 29 heavy (non-hydrogen) atoms. The first-order chi connectivity index (χ1) is 13.6. The third kappa shape index (κ3) is 6.50. The van der Waals surface area contributed by atoms with Gasteiger partial charge in [0.05, 0.1) is 11.2 Å². The number of aryl methyl sites for hydroxylation is 1. The zero-order chi connectivity index (χ0) is 21.7. The average Bonchev–Trinajstić information content (AvgIpc) is 2.67. The van der Waals surface area contributed by atoms with Gasteiger partial charge in [0, 0.05) is 38.6 Å². The SMILES string of the molecule is CCN(CC)S(=O)(=O)c1ccc(CCC(=O)NC2CCCN(S(C)(=O)=O)C2)cc1. The van der Waals surface area contributed by atoms with E-state index in [1.807, 2.05) is 0 Å². The number of hydrogen-bond acceptors (Lipinski definition) is 5. The molecule has 2 rings (SSSR count). The van der Waals surface area contributed by atoms with E-state index in [2.05, 4.69) is 5.32 Å². The van der Waals surface area contributed by atoms with Crippen LogP contribution in [0.5, 0.6) is 0 Å². The third-order valence-corrected chi connectivity index (χ3v) is 8.46. The van der Waals surface area contributed by atoms with E-state index in [9.17, 15) is 21.6 Å². The van der Waals surface area contributed by atoms with Crippen molar-refractivity contribution in [3.05, 3.63) is 29.8 Å². The molecule has 1 atom stereocenters. The summed E-state index contributed by atoms with van der Waals surface area (Å²) in [4.78, 5) is 12.5. The first-order valence-electron chi connectivity index (χ1n) is 9.91. The summed E-state index contributed by atoms with van der Waals surface area (Å²) in [5, 5.41) is 2.91. The number of amides is 1. The minimum atomic E-state index is -3.49. The lowest BCUT2D eigenvalue weighted by atomic mass is 10.1. The van der Waals surface area contributed by atoms with Crippen LogP contribution in [-0.2, 0) is 31.3 Å². The van der Waals surface area contributed by atoms with Crippen molar-refractivity contribution in [2.45, 2.75) is 50.5 Å². The molecule has 1 aliphatic rings. The number of nitrogens with zero attached hydrogens (tertiary/aromatic N) is 2. The second kappa shape index (κ2) is 10.0. The molecular weight excluding hydrogens is 414 g/mol. The van der Waals surface area contributed by atoms with Gasteiger partial charge in [-0.25, -0.2) is 21.1 Å². The van der Waals surface area contributed by atoms with E-state index < -0.39 is 20.0 Å². The fraction of sp³-hybridized carbons (Fsp3) is 0.632. The van der Waals surface area contributed by atoms with Gasteiger partial charge in [-0.2, -0.15) is 4.31 Å². The van der Waals surface area contributed by atoms with Gasteiger partial charge in [0.25, 0.3) is 0 Å². The first kappa shape index (κ1) is 23.8. The minimum Gasteiger partial charge on any atom is -0.352 e. The summed E-state index contributed by atoms with van der Waals surface area (Å²) >= 11 is 0. The Bertz CT molecular complexity index is 894. The summed E-state index contributed by atoms with van der Waals surface area (Å²) in [6.45, 7) is 5.23. The van der Waals surface area contributed by atoms with Crippen LogP contribution in [0.15, 0.2) is 29.2 Å². The molecule has 1 fully saturated rings. The minimum absolute atomic E-state index is 0.134. The van der Waals surface area contributed by atoms with E-state index in [4.69, 9.17) is 0 Å². The maximum absolute atomic E-state index is 12.5. The maximum Gasteiger partial charge on any atom is 0.243 e. The zero-order valence-electron chi connectivity index (χ0n) is 17.3. The summed E-state index contributed by atoms with van der Waals surface area (Å²) in [5.74, 6) is -0.134. The molecule has 8 nitrogen and oxygen atoms in total. The average molecular weight is 446 g/mol. The number of sulfonamides is 2. The second-order valence-corrected chi connectivity index (χ2v) is 11.2. The third-order valence-electron chi connectivity index (χ3n) is 5.13. The van der Waals surface area contributed by atoms with Crippen LogP contribution in [0.2, 0.25) is 0 Å². The van der Waals surface area contributed by atoms with Gasteiger partial charge in [-0.3, -0.25) is 4.79 Å². The Morgan fingerprint density at radius 3 is 2.31 bits per heavy atom. The fourth-order valence-electron chi connectivity index (χ4n) is 3.46. The summed E-state index contributed by atoms with van der Waals surface area (Å²) < 4.78 is 51.2. The van der Waals surface area contributed by atoms with Crippen LogP contribution < -0.4 is 5.32 Å². The highest BCUT2D eigenvalue weighted by Crippen LogP contribution is 2.17. The zero-order valence-corrected chi connectivity index (χ0v) is 18.9. The van der Waals surface area contributed by atoms with Crippen LogP contribution in [0.25, 0.3) is 0 Å². The molecule has 1 aromatic rings. The van der Waals surface area contributed by atoms with Crippen molar-refractivity contribution in [1.82, 2.24) is 13.9 Å². The van der Waals surface area contributed by atoms with E-state index in [0.29, 0.717) is 32.6 Å². The molecule has 1 amide bonds. The van der Waals surface area contributed by atoms with Gasteiger partial charge >= 0.3 is 0 Å². The normalized spacial score (nSPS) is 18.7. The molecule has 1 heterocycles. The number of benzene rings is 1. The fourth-order valence-corrected chi connectivity index (χ4v) is 5.83. The molecule has 164 valence electrons. The number of carbonyl (C=O) groups excluding carboxylic acids is 1. The number of piperidine rings is 1. The van der Waals surface area contributed by atoms with Crippen LogP contribution in [0, 0.1) is 0 Å². The molecule has 0 spiro atoms.